The molecule has 2 N–H and O–H groups in total. The zero-order valence-electron chi connectivity index (χ0n) is 9.54. The van der Waals surface area contributed by atoms with Crippen LogP contribution in [0.1, 0.15) is 17.2 Å². The first-order valence-corrected chi connectivity index (χ1v) is 7.38. The third kappa shape index (κ3) is 3.52. The van der Waals surface area contributed by atoms with Crippen molar-refractivity contribution in [3.8, 4) is 0 Å². The van der Waals surface area contributed by atoms with Crippen LogP contribution in [0.25, 0.3) is 0 Å². The summed E-state index contributed by atoms with van der Waals surface area (Å²) >= 11 is 5.56. The van der Waals surface area contributed by atoms with Gasteiger partial charge in [-0.2, -0.15) is 0 Å². The summed E-state index contributed by atoms with van der Waals surface area (Å²) in [6, 6.07) is 12.7. The van der Waals surface area contributed by atoms with Crippen LogP contribution in [0.5, 0.6) is 0 Å². The van der Waals surface area contributed by atoms with Crippen molar-refractivity contribution in [2.24, 2.45) is 5.73 Å². The van der Waals surface area contributed by atoms with Gasteiger partial charge in [0.1, 0.15) is 5.82 Å². The summed E-state index contributed by atoms with van der Waals surface area (Å²) in [5, 5.41) is 0. The number of benzene rings is 2. The van der Waals surface area contributed by atoms with Crippen LogP contribution in [0, 0.1) is 9.39 Å². The Morgan fingerprint density at radius 1 is 1.22 bits per heavy atom. The van der Waals surface area contributed by atoms with Crippen molar-refractivity contribution in [3.63, 3.8) is 0 Å². The topological polar surface area (TPSA) is 26.0 Å². The van der Waals surface area contributed by atoms with E-state index < -0.39 is 0 Å². The summed E-state index contributed by atoms with van der Waals surface area (Å²) in [6.45, 7) is 0. The molecule has 2 aromatic carbocycles. The largest absolute Gasteiger partial charge is 0.324 e. The fraction of sp³-hybridized carbons (Fsp3) is 0.143. The van der Waals surface area contributed by atoms with Crippen LogP contribution in [0.4, 0.5) is 4.39 Å². The molecule has 0 aliphatic carbocycles. The van der Waals surface area contributed by atoms with Crippen LogP contribution in [-0.2, 0) is 6.42 Å². The van der Waals surface area contributed by atoms with E-state index in [2.05, 4.69) is 44.6 Å². The second kappa shape index (κ2) is 6.12. The quantitative estimate of drug-likeness (QED) is 0.731. The molecule has 0 aromatic heterocycles. The Bertz CT molecular complexity index is 559. The predicted molar refractivity (Wildman–Crippen MR) is 83.9 cm³/mol. The maximum Gasteiger partial charge on any atom is 0.124 e. The van der Waals surface area contributed by atoms with Gasteiger partial charge in [0, 0.05) is 14.1 Å². The molecule has 0 saturated carbocycles. The SMILES string of the molecule is NC(Cc1cccc(Br)c1)c1ccc(F)cc1I. The lowest BCUT2D eigenvalue weighted by atomic mass is 10.00. The van der Waals surface area contributed by atoms with E-state index in [1.165, 1.54) is 12.1 Å². The summed E-state index contributed by atoms with van der Waals surface area (Å²) in [6.07, 6.45) is 0.737. The number of halogens is 3. The first-order valence-electron chi connectivity index (χ1n) is 5.51. The Morgan fingerprint density at radius 3 is 2.67 bits per heavy atom. The average molecular weight is 420 g/mol. The molecule has 0 aliphatic rings. The van der Waals surface area contributed by atoms with E-state index >= 15 is 0 Å². The van der Waals surface area contributed by atoms with E-state index in [1.807, 2.05) is 18.2 Å². The molecule has 4 heteroatoms. The normalized spacial score (nSPS) is 12.4. The van der Waals surface area contributed by atoms with Crippen LogP contribution < -0.4 is 5.73 Å². The molecule has 0 fully saturated rings. The third-order valence-corrected chi connectivity index (χ3v) is 4.13. The van der Waals surface area contributed by atoms with E-state index in [9.17, 15) is 4.39 Å². The van der Waals surface area contributed by atoms with Gasteiger partial charge in [0.15, 0.2) is 0 Å². The molecule has 0 aliphatic heterocycles. The number of rotatable bonds is 3. The molecule has 18 heavy (non-hydrogen) atoms. The van der Waals surface area contributed by atoms with Crippen molar-refractivity contribution in [1.82, 2.24) is 0 Å². The summed E-state index contributed by atoms with van der Waals surface area (Å²) in [7, 11) is 0. The van der Waals surface area contributed by atoms with Gasteiger partial charge in [0.05, 0.1) is 0 Å². The summed E-state index contributed by atoms with van der Waals surface area (Å²) < 4.78 is 15.0. The molecule has 2 rings (SSSR count). The van der Waals surface area contributed by atoms with Crippen molar-refractivity contribution in [2.45, 2.75) is 12.5 Å². The van der Waals surface area contributed by atoms with Crippen LogP contribution in [0.3, 0.4) is 0 Å². The maximum atomic E-state index is 13.0. The maximum absolute atomic E-state index is 13.0. The minimum absolute atomic E-state index is 0.119. The van der Waals surface area contributed by atoms with Gasteiger partial charge in [-0.3, -0.25) is 0 Å². The highest BCUT2D eigenvalue weighted by molar-refractivity contribution is 14.1. The molecular formula is C14H12BrFIN. The Labute approximate surface area is 128 Å². The number of hydrogen-bond acceptors (Lipinski definition) is 1. The molecule has 0 heterocycles. The zero-order chi connectivity index (χ0) is 13.1. The molecule has 1 nitrogen and oxygen atoms in total. The third-order valence-electron chi connectivity index (χ3n) is 2.71. The standard InChI is InChI=1S/C14H12BrFIN/c15-10-3-1-2-9(6-10)7-14(18)12-5-4-11(16)8-13(12)17/h1-6,8,14H,7,18H2. The van der Waals surface area contributed by atoms with Crippen LogP contribution in [0.15, 0.2) is 46.9 Å². The van der Waals surface area contributed by atoms with E-state index in [0.29, 0.717) is 0 Å². The van der Waals surface area contributed by atoms with Crippen molar-refractivity contribution in [2.75, 3.05) is 0 Å². The van der Waals surface area contributed by atoms with Crippen molar-refractivity contribution in [1.29, 1.82) is 0 Å². The highest BCUT2D eigenvalue weighted by atomic mass is 127. The fourth-order valence-electron chi connectivity index (χ4n) is 1.83. The summed E-state index contributed by atoms with van der Waals surface area (Å²) in [5.41, 5.74) is 8.33. The lowest BCUT2D eigenvalue weighted by Crippen LogP contribution is -2.14. The van der Waals surface area contributed by atoms with Gasteiger partial charge in [0.25, 0.3) is 0 Å². The van der Waals surface area contributed by atoms with Gasteiger partial charge in [-0.1, -0.05) is 34.1 Å². The summed E-state index contributed by atoms with van der Waals surface area (Å²) in [4.78, 5) is 0. The molecule has 0 amide bonds. The second-order valence-electron chi connectivity index (χ2n) is 4.11. The first-order chi connectivity index (χ1) is 8.56. The summed E-state index contributed by atoms with van der Waals surface area (Å²) in [5.74, 6) is -0.224. The molecule has 1 atom stereocenters. The highest BCUT2D eigenvalue weighted by Crippen LogP contribution is 2.23. The highest BCUT2D eigenvalue weighted by Gasteiger charge is 2.11. The van der Waals surface area contributed by atoms with Crippen molar-refractivity contribution >= 4 is 38.5 Å². The smallest absolute Gasteiger partial charge is 0.124 e. The van der Waals surface area contributed by atoms with Gasteiger partial charge in [0.2, 0.25) is 0 Å². The lowest BCUT2D eigenvalue weighted by Gasteiger charge is -2.14. The van der Waals surface area contributed by atoms with Gasteiger partial charge < -0.3 is 5.73 Å². The number of nitrogens with two attached hydrogens (primary N) is 1. The van der Waals surface area contributed by atoms with E-state index in [1.54, 1.807) is 6.07 Å². The fourth-order valence-corrected chi connectivity index (χ4v) is 3.15. The van der Waals surface area contributed by atoms with Crippen LogP contribution in [-0.4, -0.2) is 0 Å². The van der Waals surface area contributed by atoms with Crippen LogP contribution >= 0.6 is 38.5 Å². The predicted octanol–water partition coefficient (Wildman–Crippen LogP) is 4.44. The molecule has 0 radical (unpaired) electrons. The number of hydrogen-bond donors (Lipinski definition) is 1. The molecule has 0 saturated heterocycles. The van der Waals surface area contributed by atoms with Crippen LogP contribution in [0.2, 0.25) is 0 Å². The van der Waals surface area contributed by atoms with Crippen molar-refractivity contribution < 1.29 is 4.39 Å². The molecule has 0 bridgehead atoms. The van der Waals surface area contributed by atoms with Gasteiger partial charge in [-0.05, 0) is 64.4 Å². The monoisotopic (exact) mass is 419 g/mol. The van der Waals surface area contributed by atoms with Gasteiger partial charge in [-0.25, -0.2) is 4.39 Å². The molecule has 0 spiro atoms. The average Bonchev–Trinajstić information content (AvgIpc) is 2.28. The molecule has 94 valence electrons. The minimum Gasteiger partial charge on any atom is -0.324 e. The lowest BCUT2D eigenvalue weighted by molar-refractivity contribution is 0.622. The Morgan fingerprint density at radius 2 is 2.00 bits per heavy atom. The van der Waals surface area contributed by atoms with E-state index in [0.717, 1.165) is 25.6 Å². The Hall–Kier alpha value is -0.460. The van der Waals surface area contributed by atoms with Crippen molar-refractivity contribution in [3.05, 3.63) is 67.5 Å². The Kier molecular flexibility index (Phi) is 4.75. The zero-order valence-corrected chi connectivity index (χ0v) is 13.3. The molecule has 1 unspecified atom stereocenters. The van der Waals surface area contributed by atoms with Gasteiger partial charge in [-0.15, -0.1) is 0 Å². The Balaban J connectivity index is 2.19. The van der Waals surface area contributed by atoms with Gasteiger partial charge >= 0.3 is 0 Å². The minimum atomic E-state index is -0.224. The molecular weight excluding hydrogens is 408 g/mol. The molecule has 2 aromatic rings. The first kappa shape index (κ1) is 14.0. The van der Waals surface area contributed by atoms with E-state index in [4.69, 9.17) is 5.73 Å². The van der Waals surface area contributed by atoms with E-state index in [-0.39, 0.29) is 11.9 Å². The second-order valence-corrected chi connectivity index (χ2v) is 6.18.